The summed E-state index contributed by atoms with van der Waals surface area (Å²) in [5, 5.41) is 27.4. The van der Waals surface area contributed by atoms with E-state index in [1.807, 2.05) is 0 Å². The van der Waals surface area contributed by atoms with Crippen LogP contribution in [0.4, 0.5) is 0 Å². The van der Waals surface area contributed by atoms with Crippen LogP contribution in [0.3, 0.4) is 0 Å². The molecule has 0 aliphatic rings. The third-order valence-electron chi connectivity index (χ3n) is 3.86. The normalized spacial score (nSPS) is 11.5. The topological polar surface area (TPSA) is 112 Å². The van der Waals surface area contributed by atoms with Crippen molar-refractivity contribution < 1.29 is 29.7 Å². The summed E-state index contributed by atoms with van der Waals surface area (Å²) < 4.78 is 0. The molecule has 0 aliphatic carbocycles. The summed E-state index contributed by atoms with van der Waals surface area (Å²) in [6.07, 6.45) is 5.88. The monoisotopic (exact) mass is 310 g/mol. The Kier molecular flexibility index (Phi) is 7.29. The molecule has 6 heteroatoms. The lowest BCUT2D eigenvalue weighted by atomic mass is 9.70. The molecule has 22 heavy (non-hydrogen) atoms. The van der Waals surface area contributed by atoms with Crippen molar-refractivity contribution in [1.82, 2.24) is 0 Å². The number of aliphatic carboxylic acids is 3. The van der Waals surface area contributed by atoms with Crippen LogP contribution in [0.25, 0.3) is 0 Å². The van der Waals surface area contributed by atoms with Crippen LogP contribution in [-0.4, -0.2) is 33.2 Å². The molecule has 0 aliphatic heterocycles. The van der Waals surface area contributed by atoms with Crippen LogP contribution in [0.1, 0.15) is 32.1 Å². The summed E-state index contributed by atoms with van der Waals surface area (Å²) in [7, 11) is 0. The van der Waals surface area contributed by atoms with Crippen molar-refractivity contribution in [1.29, 1.82) is 0 Å². The lowest BCUT2D eigenvalue weighted by Crippen LogP contribution is -2.47. The molecule has 0 radical (unpaired) electrons. The first-order chi connectivity index (χ1) is 10.2. The highest BCUT2D eigenvalue weighted by atomic mass is 16.4. The van der Waals surface area contributed by atoms with Crippen LogP contribution in [0.2, 0.25) is 0 Å². The van der Waals surface area contributed by atoms with E-state index in [9.17, 15) is 14.4 Å². The minimum Gasteiger partial charge on any atom is -0.480 e. The zero-order chi connectivity index (χ0) is 17.4. The predicted octanol–water partition coefficient (Wildman–Crippen LogP) is 2.72. The van der Waals surface area contributed by atoms with Gasteiger partial charge in [0, 0.05) is 0 Å². The molecule has 0 aromatic carbocycles. The maximum Gasteiger partial charge on any atom is 0.332 e. The number of carboxylic acids is 3. The fourth-order valence-corrected chi connectivity index (χ4v) is 2.52. The average molecular weight is 310 g/mol. The predicted molar refractivity (Wildman–Crippen MR) is 81.4 cm³/mol. The Hall–Kier alpha value is -2.37. The average Bonchev–Trinajstić information content (AvgIpc) is 2.39. The van der Waals surface area contributed by atoms with E-state index >= 15 is 0 Å². The largest absolute Gasteiger partial charge is 0.480 e. The van der Waals surface area contributed by atoms with Crippen molar-refractivity contribution in [2.24, 2.45) is 10.8 Å². The highest BCUT2D eigenvalue weighted by Gasteiger charge is 2.55. The molecule has 0 amide bonds. The van der Waals surface area contributed by atoms with E-state index in [-0.39, 0.29) is 6.42 Å². The molecule has 0 bridgehead atoms. The van der Waals surface area contributed by atoms with E-state index in [0.717, 1.165) is 0 Å². The molecule has 122 valence electrons. The number of carbonyl (C=O) groups is 3. The maximum absolute atomic E-state index is 11.3. The van der Waals surface area contributed by atoms with Crippen LogP contribution in [0.5, 0.6) is 0 Å². The maximum atomic E-state index is 11.3. The molecule has 0 fully saturated rings. The van der Waals surface area contributed by atoms with E-state index in [1.54, 1.807) is 18.2 Å². The highest BCUT2D eigenvalue weighted by Crippen LogP contribution is 2.41. The number of allylic oxidation sites excluding steroid dienone is 3. The zero-order valence-electron chi connectivity index (χ0n) is 12.5. The number of carboxylic acid groups (broad SMARTS) is 3. The first-order valence-corrected chi connectivity index (χ1v) is 6.75. The van der Waals surface area contributed by atoms with Gasteiger partial charge < -0.3 is 15.3 Å². The van der Waals surface area contributed by atoms with Crippen molar-refractivity contribution in [3.05, 3.63) is 38.0 Å². The Labute approximate surface area is 129 Å². The fourth-order valence-electron chi connectivity index (χ4n) is 2.52. The van der Waals surface area contributed by atoms with Gasteiger partial charge in [-0.25, -0.2) is 0 Å². The van der Waals surface area contributed by atoms with E-state index in [0.29, 0.717) is 19.3 Å². The summed E-state index contributed by atoms with van der Waals surface area (Å²) in [6, 6.07) is 0. The molecule has 0 spiro atoms. The molecule has 0 saturated heterocycles. The minimum atomic E-state index is -2.85. The second-order valence-electron chi connectivity index (χ2n) is 5.30. The van der Waals surface area contributed by atoms with Gasteiger partial charge in [0.1, 0.15) is 0 Å². The third-order valence-corrected chi connectivity index (χ3v) is 3.86. The molecule has 0 aromatic rings. The first-order valence-electron chi connectivity index (χ1n) is 6.75. The summed E-state index contributed by atoms with van der Waals surface area (Å²) in [5.74, 6) is -5.63. The van der Waals surface area contributed by atoms with E-state index < -0.39 is 35.2 Å². The Morgan fingerprint density at radius 3 is 1.27 bits per heavy atom. The Balaban J connectivity index is 5.61. The number of hydrogen-bond acceptors (Lipinski definition) is 3. The molecule has 0 unspecified atom stereocenters. The molecular weight excluding hydrogens is 288 g/mol. The molecule has 0 aromatic heterocycles. The zero-order valence-corrected chi connectivity index (χ0v) is 12.5. The lowest BCUT2D eigenvalue weighted by molar-refractivity contribution is -0.176. The van der Waals surface area contributed by atoms with Gasteiger partial charge in [0.2, 0.25) is 0 Å². The van der Waals surface area contributed by atoms with Gasteiger partial charge in [-0.1, -0.05) is 18.2 Å². The van der Waals surface area contributed by atoms with Gasteiger partial charge in [-0.15, -0.1) is 19.7 Å². The van der Waals surface area contributed by atoms with Gasteiger partial charge in [0.25, 0.3) is 5.41 Å². The Morgan fingerprint density at radius 2 is 1.05 bits per heavy atom. The molecule has 0 heterocycles. The second kappa shape index (κ2) is 8.17. The molecule has 0 saturated carbocycles. The van der Waals surface area contributed by atoms with Gasteiger partial charge >= 0.3 is 17.9 Å². The lowest BCUT2D eigenvalue weighted by Gasteiger charge is -2.33. The fraction of sp³-hybridized carbons (Fsp3) is 0.438. The van der Waals surface area contributed by atoms with Gasteiger partial charge in [0.15, 0.2) is 0 Å². The van der Waals surface area contributed by atoms with Crippen molar-refractivity contribution in [3.8, 4) is 0 Å². The highest BCUT2D eigenvalue weighted by molar-refractivity contribution is 6.16. The van der Waals surface area contributed by atoms with Crippen LogP contribution in [0.15, 0.2) is 38.0 Å². The van der Waals surface area contributed by atoms with Crippen molar-refractivity contribution in [3.63, 3.8) is 0 Å². The molecule has 3 N–H and O–H groups in total. The van der Waals surface area contributed by atoms with Crippen LogP contribution in [-0.2, 0) is 14.4 Å². The van der Waals surface area contributed by atoms with Gasteiger partial charge in [-0.2, -0.15) is 0 Å². The molecule has 0 atom stereocenters. The van der Waals surface area contributed by atoms with Crippen LogP contribution in [0, 0.1) is 10.8 Å². The van der Waals surface area contributed by atoms with E-state index in [2.05, 4.69) is 19.7 Å². The standard InChI is InChI=1S/C16H22O6/c1-4-7-15(8-5-2,9-6-3)10-11-16(12(17)18,13(19)20)14(21)22/h4-6H,1-3,7-11H2,(H,17,18)(H,19,20)(H,21,22). The molecule has 0 rings (SSSR count). The van der Waals surface area contributed by atoms with Crippen molar-refractivity contribution in [2.45, 2.75) is 32.1 Å². The van der Waals surface area contributed by atoms with Gasteiger partial charge in [-0.3, -0.25) is 14.4 Å². The third kappa shape index (κ3) is 4.07. The Morgan fingerprint density at radius 1 is 0.727 bits per heavy atom. The Bertz CT molecular complexity index is 414. The quantitative estimate of drug-likeness (QED) is 0.377. The second-order valence-corrected chi connectivity index (χ2v) is 5.30. The number of rotatable bonds is 12. The molecule has 6 nitrogen and oxygen atoms in total. The summed E-state index contributed by atoms with van der Waals surface area (Å²) in [5.41, 5.74) is -3.38. The van der Waals surface area contributed by atoms with Crippen LogP contribution >= 0.6 is 0 Å². The smallest absolute Gasteiger partial charge is 0.332 e. The van der Waals surface area contributed by atoms with Gasteiger partial charge in [0.05, 0.1) is 0 Å². The SMILES string of the molecule is C=CCC(CC=C)(CC=C)CCC(C(=O)O)(C(=O)O)C(=O)O. The summed E-state index contributed by atoms with van der Waals surface area (Å²) in [6.45, 7) is 10.9. The summed E-state index contributed by atoms with van der Waals surface area (Å²) in [4.78, 5) is 33.8. The van der Waals surface area contributed by atoms with Crippen molar-refractivity contribution >= 4 is 17.9 Å². The van der Waals surface area contributed by atoms with E-state index in [4.69, 9.17) is 15.3 Å². The van der Waals surface area contributed by atoms with Crippen LogP contribution < -0.4 is 0 Å². The number of hydrogen-bond donors (Lipinski definition) is 3. The first kappa shape index (κ1) is 19.6. The molecular formula is C16H22O6. The van der Waals surface area contributed by atoms with Crippen molar-refractivity contribution in [2.75, 3.05) is 0 Å². The van der Waals surface area contributed by atoms with E-state index in [1.165, 1.54) is 0 Å². The minimum absolute atomic E-state index is 0.0853. The van der Waals surface area contributed by atoms with Gasteiger partial charge in [-0.05, 0) is 37.5 Å². The summed E-state index contributed by atoms with van der Waals surface area (Å²) >= 11 is 0.